The van der Waals surface area contributed by atoms with Gasteiger partial charge in [0.25, 0.3) is 0 Å². The van der Waals surface area contributed by atoms with Crippen LogP contribution >= 0.6 is 19.4 Å². The molecule has 160 valence electrons. The van der Waals surface area contributed by atoms with Gasteiger partial charge in [-0.3, -0.25) is 4.57 Å². The number of thioether (sulfide) groups is 1. The van der Waals surface area contributed by atoms with Gasteiger partial charge in [0.2, 0.25) is 0 Å². The number of hydrogen-bond acceptors (Lipinski definition) is 9. The van der Waals surface area contributed by atoms with Crippen molar-refractivity contribution in [1.29, 1.82) is 0 Å². The SMILES string of the molecule is CCOP(=O)(OCC)C(C[C@H]1O[C@H](OC)[C@@H](O)[C@@H](O)[C@@H]1O)Sc1ccccc1. The number of aliphatic hydroxyl groups excluding tert-OH is 3. The summed E-state index contributed by atoms with van der Waals surface area (Å²) in [5.41, 5.74) is 0. The summed E-state index contributed by atoms with van der Waals surface area (Å²) in [5.74, 6) is 0. The molecule has 1 aromatic rings. The van der Waals surface area contributed by atoms with Gasteiger partial charge in [-0.1, -0.05) is 18.2 Å². The van der Waals surface area contributed by atoms with Crippen LogP contribution < -0.4 is 0 Å². The van der Waals surface area contributed by atoms with Gasteiger partial charge in [-0.25, -0.2) is 0 Å². The summed E-state index contributed by atoms with van der Waals surface area (Å²) in [7, 11) is -2.23. The minimum atomic E-state index is -3.56. The van der Waals surface area contributed by atoms with Gasteiger partial charge in [-0.2, -0.15) is 0 Å². The highest BCUT2D eigenvalue weighted by atomic mass is 32.2. The summed E-state index contributed by atoms with van der Waals surface area (Å²) in [6, 6.07) is 9.33. The molecule has 8 nitrogen and oxygen atoms in total. The number of hydrogen-bond donors (Lipinski definition) is 3. The molecule has 1 saturated heterocycles. The molecule has 6 atom stereocenters. The van der Waals surface area contributed by atoms with Gasteiger partial charge in [0.05, 0.1) is 19.3 Å². The van der Waals surface area contributed by atoms with Gasteiger partial charge in [0, 0.05) is 12.0 Å². The number of aliphatic hydroxyl groups is 3. The number of rotatable bonds is 10. The Kier molecular flexibility index (Phi) is 9.40. The first-order chi connectivity index (χ1) is 13.4. The Morgan fingerprint density at radius 1 is 1.07 bits per heavy atom. The Morgan fingerprint density at radius 2 is 1.68 bits per heavy atom. The van der Waals surface area contributed by atoms with Gasteiger partial charge in [-0.15, -0.1) is 11.8 Å². The molecule has 0 spiro atoms. The molecule has 1 fully saturated rings. The Labute approximate surface area is 169 Å². The van der Waals surface area contributed by atoms with Crippen molar-refractivity contribution < 1.29 is 38.4 Å². The summed E-state index contributed by atoms with van der Waals surface area (Å²) in [4.78, 5) is 0.149. The minimum absolute atomic E-state index is 0.0572. The van der Waals surface area contributed by atoms with E-state index in [0.717, 1.165) is 4.90 Å². The third-order valence-corrected chi connectivity index (χ3v) is 8.57. The third kappa shape index (κ3) is 5.78. The van der Waals surface area contributed by atoms with Crippen molar-refractivity contribution in [3.8, 4) is 0 Å². The van der Waals surface area contributed by atoms with E-state index in [1.165, 1.54) is 18.9 Å². The molecule has 1 aliphatic heterocycles. The molecule has 2 rings (SSSR count). The van der Waals surface area contributed by atoms with Crippen LogP contribution in [0.4, 0.5) is 0 Å². The van der Waals surface area contributed by atoms with Gasteiger partial charge >= 0.3 is 7.60 Å². The fraction of sp³-hybridized carbons (Fsp3) is 0.667. The Balaban J connectivity index is 2.28. The van der Waals surface area contributed by atoms with Gasteiger partial charge in [0.15, 0.2) is 6.29 Å². The van der Waals surface area contributed by atoms with Crippen LogP contribution in [0.1, 0.15) is 20.3 Å². The molecule has 0 saturated carbocycles. The molecular weight excluding hydrogens is 407 g/mol. The van der Waals surface area contributed by atoms with E-state index in [0.29, 0.717) is 0 Å². The molecular formula is C18H29O8PS. The van der Waals surface area contributed by atoms with Crippen molar-refractivity contribution in [2.75, 3.05) is 20.3 Å². The number of methoxy groups -OCH3 is 1. The second-order valence-electron chi connectivity index (χ2n) is 6.25. The van der Waals surface area contributed by atoms with Crippen LogP contribution in [0.25, 0.3) is 0 Å². The highest BCUT2D eigenvalue weighted by Gasteiger charge is 2.47. The van der Waals surface area contributed by atoms with E-state index in [-0.39, 0.29) is 19.6 Å². The lowest BCUT2D eigenvalue weighted by Gasteiger charge is -2.41. The summed E-state index contributed by atoms with van der Waals surface area (Å²) in [5, 5.41) is 30.5. The maximum Gasteiger partial charge on any atom is 0.343 e. The summed E-state index contributed by atoms with van der Waals surface area (Å²) in [6.45, 7) is 3.84. The normalized spacial score (nSPS) is 29.6. The molecule has 0 aliphatic carbocycles. The van der Waals surface area contributed by atoms with Crippen LogP contribution in [-0.2, 0) is 23.1 Å². The predicted molar refractivity (Wildman–Crippen MR) is 105 cm³/mol. The van der Waals surface area contributed by atoms with Crippen LogP contribution in [0.2, 0.25) is 0 Å². The molecule has 1 aliphatic rings. The zero-order valence-electron chi connectivity index (χ0n) is 16.2. The highest BCUT2D eigenvalue weighted by molar-refractivity contribution is 8.05. The lowest BCUT2D eigenvalue weighted by atomic mass is 9.97. The molecule has 0 bridgehead atoms. The van der Waals surface area contributed by atoms with Crippen molar-refractivity contribution in [3.63, 3.8) is 0 Å². The van der Waals surface area contributed by atoms with Crippen molar-refractivity contribution in [2.45, 2.75) is 60.9 Å². The van der Waals surface area contributed by atoms with E-state index in [9.17, 15) is 19.9 Å². The third-order valence-electron chi connectivity index (χ3n) is 4.32. The number of ether oxygens (including phenoxy) is 2. The fourth-order valence-electron chi connectivity index (χ4n) is 2.97. The lowest BCUT2D eigenvalue weighted by molar-refractivity contribution is -0.290. The van der Waals surface area contributed by atoms with E-state index >= 15 is 0 Å². The Bertz CT molecular complexity index is 621. The molecule has 0 radical (unpaired) electrons. The maximum atomic E-state index is 13.4. The molecule has 1 unspecified atom stereocenters. The molecule has 1 aromatic carbocycles. The number of benzene rings is 1. The predicted octanol–water partition coefficient (Wildman–Crippen LogP) is 2.21. The van der Waals surface area contributed by atoms with Crippen LogP contribution in [0.5, 0.6) is 0 Å². The first kappa shape index (κ1) is 23.8. The maximum absolute atomic E-state index is 13.4. The van der Waals surface area contributed by atoms with Gasteiger partial charge < -0.3 is 33.8 Å². The monoisotopic (exact) mass is 436 g/mol. The van der Waals surface area contributed by atoms with E-state index in [2.05, 4.69) is 0 Å². The Hall–Kier alpha value is -0.480. The molecule has 1 heterocycles. The first-order valence-corrected chi connectivity index (χ1v) is 11.7. The summed E-state index contributed by atoms with van der Waals surface area (Å²) in [6.07, 6.45) is -6.20. The zero-order valence-corrected chi connectivity index (χ0v) is 17.9. The van der Waals surface area contributed by atoms with Crippen LogP contribution in [0, 0.1) is 0 Å². The van der Waals surface area contributed by atoms with Crippen molar-refractivity contribution >= 4 is 19.4 Å². The fourth-order valence-corrected chi connectivity index (χ4v) is 6.72. The van der Waals surface area contributed by atoms with Crippen molar-refractivity contribution in [3.05, 3.63) is 30.3 Å². The zero-order chi connectivity index (χ0) is 20.7. The van der Waals surface area contributed by atoms with Crippen molar-refractivity contribution in [2.24, 2.45) is 0 Å². The standard InChI is InChI=1S/C18H29O8PS/c1-4-24-27(22,25-5-2)14(28-12-9-7-6-8-10-12)11-13-15(19)16(20)17(21)18(23-3)26-13/h6-10,13-21H,4-5,11H2,1-3H3/t13-,14?,15-,16+,17+,18+/m1/s1. The van der Waals surface area contributed by atoms with E-state index < -0.39 is 43.3 Å². The summed E-state index contributed by atoms with van der Waals surface area (Å²) >= 11 is 1.29. The first-order valence-electron chi connectivity index (χ1n) is 9.19. The molecule has 28 heavy (non-hydrogen) atoms. The van der Waals surface area contributed by atoms with Crippen LogP contribution in [0.3, 0.4) is 0 Å². The average molecular weight is 436 g/mol. The second kappa shape index (κ2) is 11.1. The van der Waals surface area contributed by atoms with Crippen LogP contribution in [0.15, 0.2) is 35.2 Å². The molecule has 0 amide bonds. The van der Waals surface area contributed by atoms with Crippen molar-refractivity contribution in [1.82, 2.24) is 0 Å². The second-order valence-corrected chi connectivity index (χ2v) is 10.1. The quantitative estimate of drug-likeness (QED) is 0.375. The van der Waals surface area contributed by atoms with Gasteiger partial charge in [0.1, 0.15) is 23.3 Å². The van der Waals surface area contributed by atoms with Gasteiger partial charge in [-0.05, 0) is 32.4 Å². The largest absolute Gasteiger partial charge is 0.388 e. The molecule has 0 aromatic heterocycles. The Morgan fingerprint density at radius 3 is 2.21 bits per heavy atom. The van der Waals surface area contributed by atoms with E-state index in [1.807, 2.05) is 30.3 Å². The molecule has 10 heteroatoms. The van der Waals surface area contributed by atoms with Crippen LogP contribution in [-0.4, -0.2) is 71.3 Å². The topological polar surface area (TPSA) is 115 Å². The lowest BCUT2D eigenvalue weighted by Crippen LogP contribution is -2.58. The van der Waals surface area contributed by atoms with E-state index in [1.54, 1.807) is 13.8 Å². The summed E-state index contributed by atoms with van der Waals surface area (Å²) < 4.78 is 35.2. The highest BCUT2D eigenvalue weighted by Crippen LogP contribution is 2.60. The molecule has 3 N–H and O–H groups in total. The minimum Gasteiger partial charge on any atom is -0.388 e. The average Bonchev–Trinajstić information content (AvgIpc) is 2.69. The van der Waals surface area contributed by atoms with E-state index in [4.69, 9.17) is 18.5 Å². The smallest absolute Gasteiger partial charge is 0.343 e.